The molecule has 1 aliphatic rings. The van der Waals surface area contributed by atoms with Crippen molar-refractivity contribution in [1.82, 2.24) is 10.2 Å². The van der Waals surface area contributed by atoms with E-state index in [1.807, 2.05) is 0 Å². The van der Waals surface area contributed by atoms with Gasteiger partial charge in [-0.3, -0.25) is 4.90 Å². The van der Waals surface area contributed by atoms with Gasteiger partial charge in [-0.1, -0.05) is 30.3 Å². The molecule has 1 aliphatic heterocycles. The second-order valence-electron chi connectivity index (χ2n) is 5.68. The van der Waals surface area contributed by atoms with Crippen LogP contribution in [0.3, 0.4) is 0 Å². The van der Waals surface area contributed by atoms with Gasteiger partial charge in [0.25, 0.3) is 0 Å². The molecule has 2 rings (SSSR count). The summed E-state index contributed by atoms with van der Waals surface area (Å²) in [5, 5.41) is 3.41. The maximum absolute atomic E-state index is 3.41. The van der Waals surface area contributed by atoms with Gasteiger partial charge in [0.15, 0.2) is 0 Å². The molecule has 2 heteroatoms. The molecular formula is C15H24N2. The Morgan fingerprint density at radius 2 is 2.00 bits per heavy atom. The van der Waals surface area contributed by atoms with Crippen molar-refractivity contribution >= 4 is 0 Å². The zero-order valence-corrected chi connectivity index (χ0v) is 11.2. The van der Waals surface area contributed by atoms with E-state index < -0.39 is 0 Å². The summed E-state index contributed by atoms with van der Waals surface area (Å²) in [6.45, 7) is 7.05. The SMILES string of the molecule is CNC1CN(CCc2ccccc2)C(C)(C)C1. The molecule has 1 atom stereocenters. The van der Waals surface area contributed by atoms with Crippen LogP contribution >= 0.6 is 0 Å². The Morgan fingerprint density at radius 1 is 1.29 bits per heavy atom. The van der Waals surface area contributed by atoms with Crippen molar-refractivity contribution < 1.29 is 0 Å². The summed E-state index contributed by atoms with van der Waals surface area (Å²) in [5.74, 6) is 0. The summed E-state index contributed by atoms with van der Waals surface area (Å²) in [6.07, 6.45) is 2.40. The number of benzene rings is 1. The maximum atomic E-state index is 3.41. The minimum absolute atomic E-state index is 0.336. The molecule has 0 aromatic heterocycles. The topological polar surface area (TPSA) is 15.3 Å². The van der Waals surface area contributed by atoms with Gasteiger partial charge >= 0.3 is 0 Å². The smallest absolute Gasteiger partial charge is 0.0209 e. The molecule has 17 heavy (non-hydrogen) atoms. The first-order chi connectivity index (χ1) is 8.12. The highest BCUT2D eigenvalue weighted by Crippen LogP contribution is 2.28. The van der Waals surface area contributed by atoms with Crippen LogP contribution in [0.15, 0.2) is 30.3 Å². The molecule has 1 unspecified atom stereocenters. The highest BCUT2D eigenvalue weighted by molar-refractivity contribution is 5.15. The van der Waals surface area contributed by atoms with E-state index in [2.05, 4.69) is 61.4 Å². The lowest BCUT2D eigenvalue weighted by Crippen LogP contribution is -2.39. The number of nitrogens with zero attached hydrogens (tertiary/aromatic N) is 1. The standard InChI is InChI=1S/C15H24N2/c1-15(2)11-14(16-3)12-17(15)10-9-13-7-5-4-6-8-13/h4-8,14,16H,9-12H2,1-3H3. The number of hydrogen-bond acceptors (Lipinski definition) is 2. The van der Waals surface area contributed by atoms with E-state index in [0.29, 0.717) is 11.6 Å². The van der Waals surface area contributed by atoms with Gasteiger partial charge in [0, 0.05) is 24.7 Å². The number of nitrogens with one attached hydrogen (secondary N) is 1. The highest BCUT2D eigenvalue weighted by Gasteiger charge is 2.36. The van der Waals surface area contributed by atoms with Crippen molar-refractivity contribution in [1.29, 1.82) is 0 Å². The van der Waals surface area contributed by atoms with E-state index in [9.17, 15) is 0 Å². The van der Waals surface area contributed by atoms with E-state index in [1.54, 1.807) is 0 Å². The Balaban J connectivity index is 1.91. The Labute approximate surface area is 105 Å². The molecule has 1 N–H and O–H groups in total. The lowest BCUT2D eigenvalue weighted by Gasteiger charge is -2.31. The monoisotopic (exact) mass is 232 g/mol. The highest BCUT2D eigenvalue weighted by atomic mass is 15.2. The third kappa shape index (κ3) is 3.08. The normalized spacial score (nSPS) is 24.1. The van der Waals surface area contributed by atoms with Crippen molar-refractivity contribution in [2.75, 3.05) is 20.1 Å². The maximum Gasteiger partial charge on any atom is 0.0209 e. The molecule has 0 spiro atoms. The summed E-state index contributed by atoms with van der Waals surface area (Å²) in [5.41, 5.74) is 1.78. The number of likely N-dealkylation sites (N-methyl/N-ethyl adjacent to an activating group) is 1. The lowest BCUT2D eigenvalue weighted by molar-refractivity contribution is 0.177. The summed E-state index contributed by atoms with van der Waals surface area (Å²) >= 11 is 0. The first-order valence-electron chi connectivity index (χ1n) is 6.58. The van der Waals surface area contributed by atoms with Crippen molar-refractivity contribution in [3.63, 3.8) is 0 Å². The van der Waals surface area contributed by atoms with Gasteiger partial charge < -0.3 is 5.32 Å². The summed E-state index contributed by atoms with van der Waals surface area (Å²) in [6, 6.07) is 11.4. The zero-order chi connectivity index (χ0) is 12.3. The molecule has 1 fully saturated rings. The van der Waals surface area contributed by atoms with Crippen LogP contribution in [0.5, 0.6) is 0 Å². The Morgan fingerprint density at radius 3 is 2.59 bits per heavy atom. The van der Waals surface area contributed by atoms with Gasteiger partial charge in [0.1, 0.15) is 0 Å². The van der Waals surface area contributed by atoms with Crippen molar-refractivity contribution in [3.05, 3.63) is 35.9 Å². The predicted octanol–water partition coefficient (Wildman–Crippen LogP) is 2.30. The van der Waals surface area contributed by atoms with Crippen molar-refractivity contribution in [3.8, 4) is 0 Å². The Kier molecular flexibility index (Phi) is 3.85. The molecule has 2 nitrogen and oxygen atoms in total. The Hall–Kier alpha value is -0.860. The average molecular weight is 232 g/mol. The Bertz CT molecular complexity index is 345. The third-order valence-corrected chi connectivity index (χ3v) is 3.96. The first-order valence-corrected chi connectivity index (χ1v) is 6.58. The van der Waals surface area contributed by atoms with Gasteiger partial charge in [-0.05, 0) is 39.3 Å². The molecule has 1 heterocycles. The van der Waals surface area contributed by atoms with E-state index in [4.69, 9.17) is 0 Å². The number of likely N-dealkylation sites (tertiary alicyclic amines) is 1. The molecule has 1 saturated heterocycles. The molecule has 0 aliphatic carbocycles. The molecule has 0 saturated carbocycles. The van der Waals surface area contributed by atoms with Crippen LogP contribution in [0.1, 0.15) is 25.8 Å². The second kappa shape index (κ2) is 5.19. The second-order valence-corrected chi connectivity index (χ2v) is 5.68. The molecule has 94 valence electrons. The van der Waals surface area contributed by atoms with Gasteiger partial charge in [-0.15, -0.1) is 0 Å². The van der Waals surface area contributed by atoms with Crippen LogP contribution in [0.4, 0.5) is 0 Å². The van der Waals surface area contributed by atoms with Gasteiger partial charge in [0.05, 0.1) is 0 Å². The molecule has 0 radical (unpaired) electrons. The van der Waals surface area contributed by atoms with Gasteiger partial charge in [0.2, 0.25) is 0 Å². The van der Waals surface area contributed by atoms with Crippen molar-refractivity contribution in [2.24, 2.45) is 0 Å². The summed E-state index contributed by atoms with van der Waals surface area (Å²) in [7, 11) is 2.07. The van der Waals surface area contributed by atoms with E-state index in [1.165, 1.54) is 18.5 Å². The fourth-order valence-corrected chi connectivity index (χ4v) is 2.81. The minimum Gasteiger partial charge on any atom is -0.316 e. The van der Waals surface area contributed by atoms with Crippen LogP contribution in [0, 0.1) is 0 Å². The predicted molar refractivity (Wildman–Crippen MR) is 73.3 cm³/mol. The molecule has 0 bridgehead atoms. The minimum atomic E-state index is 0.336. The molecule has 1 aromatic rings. The summed E-state index contributed by atoms with van der Waals surface area (Å²) in [4.78, 5) is 2.61. The van der Waals surface area contributed by atoms with Crippen LogP contribution in [-0.4, -0.2) is 36.6 Å². The van der Waals surface area contributed by atoms with Crippen LogP contribution in [-0.2, 0) is 6.42 Å². The quantitative estimate of drug-likeness (QED) is 0.857. The van der Waals surface area contributed by atoms with Crippen LogP contribution in [0.2, 0.25) is 0 Å². The third-order valence-electron chi connectivity index (χ3n) is 3.96. The van der Waals surface area contributed by atoms with Crippen molar-refractivity contribution in [2.45, 2.75) is 38.3 Å². The van der Waals surface area contributed by atoms with Crippen LogP contribution in [0.25, 0.3) is 0 Å². The van der Waals surface area contributed by atoms with E-state index >= 15 is 0 Å². The van der Waals surface area contributed by atoms with Gasteiger partial charge in [-0.25, -0.2) is 0 Å². The lowest BCUT2D eigenvalue weighted by atomic mass is 10.00. The number of rotatable bonds is 4. The van der Waals surface area contributed by atoms with E-state index in [0.717, 1.165) is 13.0 Å². The van der Waals surface area contributed by atoms with Gasteiger partial charge in [-0.2, -0.15) is 0 Å². The molecule has 0 amide bonds. The number of hydrogen-bond donors (Lipinski definition) is 1. The molecular weight excluding hydrogens is 208 g/mol. The molecule has 1 aromatic carbocycles. The largest absolute Gasteiger partial charge is 0.316 e. The average Bonchev–Trinajstić information content (AvgIpc) is 2.63. The zero-order valence-electron chi connectivity index (χ0n) is 11.2. The first kappa shape index (κ1) is 12.6. The fraction of sp³-hybridized carbons (Fsp3) is 0.600. The fourth-order valence-electron chi connectivity index (χ4n) is 2.81. The van der Waals surface area contributed by atoms with Crippen LogP contribution < -0.4 is 5.32 Å². The van der Waals surface area contributed by atoms with E-state index in [-0.39, 0.29) is 0 Å². The summed E-state index contributed by atoms with van der Waals surface area (Å²) < 4.78 is 0.